The summed E-state index contributed by atoms with van der Waals surface area (Å²) in [6, 6.07) is 0. The summed E-state index contributed by atoms with van der Waals surface area (Å²) in [5.41, 5.74) is 5.87. The summed E-state index contributed by atoms with van der Waals surface area (Å²) in [6.07, 6.45) is 1.25. The van der Waals surface area contributed by atoms with Gasteiger partial charge in [0.1, 0.15) is 5.82 Å². The molecule has 0 aliphatic carbocycles. The van der Waals surface area contributed by atoms with Gasteiger partial charge in [-0.25, -0.2) is 5.14 Å². The van der Waals surface area contributed by atoms with Crippen molar-refractivity contribution < 1.29 is 8.42 Å². The van der Waals surface area contributed by atoms with Crippen molar-refractivity contribution in [3.05, 3.63) is 11.8 Å². The zero-order valence-electron chi connectivity index (χ0n) is 5.85. The van der Waals surface area contributed by atoms with Crippen molar-refractivity contribution in [2.75, 3.05) is 5.73 Å². The molecule has 0 atom stereocenters. The Morgan fingerprint density at radius 3 is 2.36 bits per heavy atom. The maximum absolute atomic E-state index is 10.6. The molecule has 0 radical (unpaired) electrons. The number of hydrogen-bond acceptors (Lipinski definition) is 4. The van der Waals surface area contributed by atoms with Gasteiger partial charge in [-0.05, 0) is 6.92 Å². The molecule has 0 saturated heterocycles. The van der Waals surface area contributed by atoms with E-state index in [1.807, 2.05) is 0 Å². The Morgan fingerprint density at radius 1 is 1.64 bits per heavy atom. The van der Waals surface area contributed by atoms with Crippen LogP contribution in [-0.4, -0.2) is 17.6 Å². The molecular weight excluding hydrogens is 168 g/mol. The molecule has 62 valence electrons. The predicted octanol–water partition coefficient (Wildman–Crippen LogP) is -1.17. The number of aromatic nitrogens is 2. The van der Waals surface area contributed by atoms with Gasteiger partial charge < -0.3 is 5.73 Å². The van der Waals surface area contributed by atoms with E-state index in [9.17, 15) is 8.42 Å². The smallest absolute Gasteiger partial charge is 0.317 e. The fourth-order valence-corrected chi connectivity index (χ4v) is 1.08. The Bertz CT molecular complexity index is 346. The molecule has 6 nitrogen and oxygen atoms in total. The van der Waals surface area contributed by atoms with Crippen molar-refractivity contribution in [3.8, 4) is 0 Å². The summed E-state index contributed by atoms with van der Waals surface area (Å²) in [6.45, 7) is 1.64. The summed E-state index contributed by atoms with van der Waals surface area (Å²) in [5.74, 6) is 0.166. The van der Waals surface area contributed by atoms with Gasteiger partial charge in [0, 0.05) is 11.8 Å². The van der Waals surface area contributed by atoms with Crippen molar-refractivity contribution >= 4 is 16.0 Å². The Balaban J connectivity index is 3.29. The molecule has 0 spiro atoms. The van der Waals surface area contributed by atoms with Crippen LogP contribution in [0.5, 0.6) is 0 Å². The van der Waals surface area contributed by atoms with Crippen LogP contribution in [0.2, 0.25) is 0 Å². The van der Waals surface area contributed by atoms with Gasteiger partial charge in [0.25, 0.3) is 0 Å². The number of nitrogens with two attached hydrogens (primary N) is 2. The lowest BCUT2D eigenvalue weighted by Gasteiger charge is -1.92. The highest BCUT2D eigenvalue weighted by atomic mass is 32.2. The summed E-state index contributed by atoms with van der Waals surface area (Å²) in [4.78, 5) is 0. The monoisotopic (exact) mass is 176 g/mol. The molecule has 0 saturated carbocycles. The number of nitrogen functional groups attached to an aromatic ring is 1. The normalized spacial score (nSPS) is 11.8. The van der Waals surface area contributed by atoms with E-state index < -0.39 is 10.2 Å². The molecule has 7 heteroatoms. The van der Waals surface area contributed by atoms with Crippen LogP contribution in [0, 0.1) is 6.92 Å². The van der Waals surface area contributed by atoms with Gasteiger partial charge in [0.05, 0.1) is 0 Å². The minimum Gasteiger partial charge on any atom is -0.382 e. The van der Waals surface area contributed by atoms with Crippen molar-refractivity contribution in [1.82, 2.24) is 9.19 Å². The SMILES string of the molecule is Cc1cn(S(N)(=O)=O)nc1N. The fourth-order valence-electron chi connectivity index (χ4n) is 0.576. The largest absolute Gasteiger partial charge is 0.382 e. The number of aryl methyl sites for hydroxylation is 1. The van der Waals surface area contributed by atoms with Crippen molar-refractivity contribution in [1.29, 1.82) is 0 Å². The third-order valence-corrected chi connectivity index (χ3v) is 1.88. The maximum Gasteiger partial charge on any atom is 0.317 e. The molecule has 11 heavy (non-hydrogen) atoms. The first-order valence-corrected chi connectivity index (χ1v) is 4.26. The molecule has 1 aromatic rings. The van der Waals surface area contributed by atoms with E-state index in [-0.39, 0.29) is 5.82 Å². The third-order valence-electron chi connectivity index (χ3n) is 1.18. The van der Waals surface area contributed by atoms with Gasteiger partial charge >= 0.3 is 10.2 Å². The van der Waals surface area contributed by atoms with E-state index in [1.54, 1.807) is 6.92 Å². The molecule has 4 N–H and O–H groups in total. The van der Waals surface area contributed by atoms with Gasteiger partial charge in [-0.3, -0.25) is 0 Å². The van der Waals surface area contributed by atoms with Crippen LogP contribution in [0.3, 0.4) is 0 Å². The minimum atomic E-state index is -3.78. The first-order chi connectivity index (χ1) is 4.91. The quantitative estimate of drug-likeness (QED) is 0.562. The molecule has 1 heterocycles. The topological polar surface area (TPSA) is 104 Å². The molecule has 0 aliphatic heterocycles. The molecule has 0 aliphatic rings. The predicted molar refractivity (Wildman–Crippen MR) is 39.9 cm³/mol. The average molecular weight is 176 g/mol. The molecular formula is C4H8N4O2S. The second-order valence-corrected chi connectivity index (χ2v) is 3.52. The standard InChI is InChI=1S/C4H8N4O2S/c1-3-2-8(7-4(3)5)11(6,9)10/h2H,1H3,(H2,5,7)(H2,6,9,10). The molecule has 0 unspecified atom stereocenters. The van der Waals surface area contributed by atoms with Gasteiger partial charge in [-0.2, -0.15) is 12.5 Å². The number of rotatable bonds is 1. The lowest BCUT2D eigenvalue weighted by molar-refractivity contribution is 0.582. The zero-order chi connectivity index (χ0) is 8.65. The molecule has 1 aromatic heterocycles. The van der Waals surface area contributed by atoms with Gasteiger partial charge in [-0.1, -0.05) is 0 Å². The molecule has 0 amide bonds. The summed E-state index contributed by atoms with van der Waals surface area (Å²) in [7, 11) is -3.78. The molecule has 0 aromatic carbocycles. The van der Waals surface area contributed by atoms with Gasteiger partial charge in [0.15, 0.2) is 0 Å². The highest BCUT2D eigenvalue weighted by molar-refractivity contribution is 7.87. The van der Waals surface area contributed by atoms with E-state index >= 15 is 0 Å². The Labute approximate surface area is 64.0 Å². The Kier molecular flexibility index (Phi) is 1.61. The highest BCUT2D eigenvalue weighted by Gasteiger charge is 2.08. The molecule has 0 fully saturated rings. The van der Waals surface area contributed by atoms with Crippen molar-refractivity contribution in [3.63, 3.8) is 0 Å². The van der Waals surface area contributed by atoms with Crippen LogP contribution in [0.1, 0.15) is 5.56 Å². The van der Waals surface area contributed by atoms with E-state index in [2.05, 4.69) is 5.10 Å². The minimum absolute atomic E-state index is 0.166. The van der Waals surface area contributed by atoms with E-state index in [0.717, 1.165) is 0 Å². The van der Waals surface area contributed by atoms with Gasteiger partial charge in [0.2, 0.25) is 0 Å². The Hall–Kier alpha value is -1.08. The van der Waals surface area contributed by atoms with Crippen LogP contribution in [0.25, 0.3) is 0 Å². The van der Waals surface area contributed by atoms with Crippen LogP contribution < -0.4 is 10.9 Å². The molecule has 1 rings (SSSR count). The van der Waals surface area contributed by atoms with E-state index in [0.29, 0.717) is 9.65 Å². The van der Waals surface area contributed by atoms with Crippen LogP contribution in [-0.2, 0) is 10.2 Å². The summed E-state index contributed by atoms with van der Waals surface area (Å²) < 4.78 is 21.9. The van der Waals surface area contributed by atoms with Crippen LogP contribution in [0.4, 0.5) is 5.82 Å². The second kappa shape index (κ2) is 2.21. The Morgan fingerprint density at radius 2 is 2.18 bits per heavy atom. The van der Waals surface area contributed by atoms with Crippen molar-refractivity contribution in [2.24, 2.45) is 5.14 Å². The number of anilines is 1. The molecule has 0 bridgehead atoms. The van der Waals surface area contributed by atoms with Gasteiger partial charge in [-0.15, -0.1) is 5.10 Å². The lowest BCUT2D eigenvalue weighted by atomic mass is 10.4. The first-order valence-electron chi connectivity index (χ1n) is 2.76. The summed E-state index contributed by atoms with van der Waals surface area (Å²) >= 11 is 0. The third kappa shape index (κ3) is 1.49. The average Bonchev–Trinajstić information content (AvgIpc) is 2.11. The number of nitrogens with zero attached hydrogens (tertiary/aromatic N) is 2. The zero-order valence-corrected chi connectivity index (χ0v) is 6.67. The van der Waals surface area contributed by atoms with E-state index in [4.69, 9.17) is 10.9 Å². The number of hydrogen-bond donors (Lipinski definition) is 2. The summed E-state index contributed by atoms with van der Waals surface area (Å²) in [5, 5.41) is 8.22. The van der Waals surface area contributed by atoms with Crippen LogP contribution in [0.15, 0.2) is 6.20 Å². The first kappa shape index (κ1) is 8.02. The maximum atomic E-state index is 10.6. The van der Waals surface area contributed by atoms with E-state index in [1.165, 1.54) is 6.20 Å². The lowest BCUT2D eigenvalue weighted by Crippen LogP contribution is -2.22. The fraction of sp³-hybridized carbons (Fsp3) is 0.250. The highest BCUT2D eigenvalue weighted by Crippen LogP contribution is 2.06. The van der Waals surface area contributed by atoms with Crippen LogP contribution >= 0.6 is 0 Å². The second-order valence-electron chi connectivity index (χ2n) is 2.11. The van der Waals surface area contributed by atoms with Crippen molar-refractivity contribution in [2.45, 2.75) is 6.92 Å².